The molecule has 1 N–H and O–H groups in total. The fourth-order valence-electron chi connectivity index (χ4n) is 2.35. The lowest BCUT2D eigenvalue weighted by Crippen LogP contribution is -2.22. The molecule has 1 unspecified atom stereocenters. The minimum Gasteiger partial charge on any atom is -0.325 e. The second kappa shape index (κ2) is 8.52. The molecule has 0 spiro atoms. The molecule has 0 bridgehead atoms. The van der Waals surface area contributed by atoms with Gasteiger partial charge in [-0.05, 0) is 49.4 Å². The van der Waals surface area contributed by atoms with Crippen LogP contribution < -0.4 is 5.32 Å². The quantitative estimate of drug-likeness (QED) is 0.526. The monoisotopic (exact) mass is 440 g/mol. The Morgan fingerprint density at radius 2 is 1.67 bits per heavy atom. The third-order valence-electron chi connectivity index (χ3n) is 3.72. The average molecular weight is 442 g/mol. The van der Waals surface area contributed by atoms with Gasteiger partial charge in [0, 0.05) is 33.4 Å². The van der Waals surface area contributed by atoms with Gasteiger partial charge in [-0.2, -0.15) is 0 Å². The van der Waals surface area contributed by atoms with Crippen LogP contribution in [0.4, 0.5) is 5.69 Å². The summed E-state index contributed by atoms with van der Waals surface area (Å²) in [5.74, 6) is 0.512. The molecule has 0 aliphatic rings. The van der Waals surface area contributed by atoms with Gasteiger partial charge >= 0.3 is 0 Å². The first-order chi connectivity index (χ1) is 12.8. The SMILES string of the molecule is CC(Sc1nnc(-c2ccc(Cl)cc2)n1C)C(=O)Nc1cc(Cl)cc(Cl)c1. The predicted molar refractivity (Wildman–Crippen MR) is 112 cm³/mol. The number of benzene rings is 2. The van der Waals surface area contributed by atoms with Gasteiger partial charge in [-0.15, -0.1) is 10.2 Å². The molecule has 5 nitrogen and oxygen atoms in total. The Balaban J connectivity index is 1.71. The number of aromatic nitrogens is 3. The summed E-state index contributed by atoms with van der Waals surface area (Å²) in [7, 11) is 1.85. The molecule has 9 heteroatoms. The van der Waals surface area contributed by atoms with Gasteiger partial charge in [0.25, 0.3) is 0 Å². The number of hydrogen-bond acceptors (Lipinski definition) is 4. The molecule has 0 aliphatic heterocycles. The zero-order valence-corrected chi connectivity index (χ0v) is 17.5. The van der Waals surface area contributed by atoms with Gasteiger partial charge in [0.05, 0.1) is 5.25 Å². The van der Waals surface area contributed by atoms with Crippen LogP contribution in [0.2, 0.25) is 15.1 Å². The molecule has 0 radical (unpaired) electrons. The third-order valence-corrected chi connectivity index (χ3v) is 5.54. The number of carbonyl (C=O) groups is 1. The van der Waals surface area contributed by atoms with Crippen molar-refractivity contribution >= 4 is 58.2 Å². The molecular weight excluding hydrogens is 427 g/mol. The normalized spacial score (nSPS) is 12.0. The number of anilines is 1. The van der Waals surface area contributed by atoms with E-state index in [9.17, 15) is 4.79 Å². The zero-order chi connectivity index (χ0) is 19.6. The number of halogens is 3. The number of rotatable bonds is 5. The molecule has 1 heterocycles. The van der Waals surface area contributed by atoms with Crippen molar-refractivity contribution in [1.82, 2.24) is 14.8 Å². The van der Waals surface area contributed by atoms with Gasteiger partial charge in [0.2, 0.25) is 5.91 Å². The third kappa shape index (κ3) is 4.96. The first-order valence-electron chi connectivity index (χ1n) is 7.92. The Bertz CT molecular complexity index is 955. The average Bonchev–Trinajstić information content (AvgIpc) is 2.95. The van der Waals surface area contributed by atoms with Gasteiger partial charge in [-0.25, -0.2) is 0 Å². The van der Waals surface area contributed by atoms with E-state index in [-0.39, 0.29) is 5.91 Å². The van der Waals surface area contributed by atoms with E-state index in [1.54, 1.807) is 37.3 Å². The number of amides is 1. The van der Waals surface area contributed by atoms with Crippen LogP contribution in [-0.4, -0.2) is 25.9 Å². The molecule has 0 saturated heterocycles. The highest BCUT2D eigenvalue weighted by molar-refractivity contribution is 8.00. The van der Waals surface area contributed by atoms with Gasteiger partial charge in [-0.3, -0.25) is 4.79 Å². The van der Waals surface area contributed by atoms with E-state index < -0.39 is 5.25 Å². The summed E-state index contributed by atoms with van der Waals surface area (Å²) in [6, 6.07) is 12.2. The molecule has 2 aromatic carbocycles. The molecule has 3 rings (SSSR count). The molecule has 0 aliphatic carbocycles. The van der Waals surface area contributed by atoms with E-state index in [2.05, 4.69) is 15.5 Å². The molecule has 1 atom stereocenters. The Morgan fingerprint density at radius 3 is 2.30 bits per heavy atom. The minimum absolute atomic E-state index is 0.186. The second-order valence-corrected chi connectivity index (χ2v) is 8.40. The lowest BCUT2D eigenvalue weighted by atomic mass is 10.2. The van der Waals surface area contributed by atoms with Crippen molar-refractivity contribution in [3.05, 3.63) is 57.5 Å². The largest absolute Gasteiger partial charge is 0.325 e. The van der Waals surface area contributed by atoms with Crippen LogP contribution in [0, 0.1) is 0 Å². The molecule has 27 heavy (non-hydrogen) atoms. The van der Waals surface area contributed by atoms with Crippen LogP contribution in [0.3, 0.4) is 0 Å². The lowest BCUT2D eigenvalue weighted by Gasteiger charge is -2.12. The van der Waals surface area contributed by atoms with Gasteiger partial charge in [-0.1, -0.05) is 46.6 Å². The molecule has 1 amide bonds. The summed E-state index contributed by atoms with van der Waals surface area (Å²) >= 11 is 19.2. The van der Waals surface area contributed by atoms with Crippen molar-refractivity contribution in [2.45, 2.75) is 17.3 Å². The number of thioether (sulfide) groups is 1. The van der Waals surface area contributed by atoms with E-state index in [0.29, 0.717) is 31.7 Å². The lowest BCUT2D eigenvalue weighted by molar-refractivity contribution is -0.115. The maximum atomic E-state index is 12.5. The van der Waals surface area contributed by atoms with Crippen molar-refractivity contribution in [3.8, 4) is 11.4 Å². The molecule has 3 aromatic rings. The van der Waals surface area contributed by atoms with Gasteiger partial charge in [0.15, 0.2) is 11.0 Å². The summed E-state index contributed by atoms with van der Waals surface area (Å²) in [5.41, 5.74) is 1.44. The molecule has 0 saturated carbocycles. The van der Waals surface area contributed by atoms with E-state index in [1.165, 1.54) is 11.8 Å². The van der Waals surface area contributed by atoms with Crippen LogP contribution in [0.25, 0.3) is 11.4 Å². The van der Waals surface area contributed by atoms with Crippen molar-refractivity contribution in [1.29, 1.82) is 0 Å². The summed E-state index contributed by atoms with van der Waals surface area (Å²) in [4.78, 5) is 12.5. The zero-order valence-electron chi connectivity index (χ0n) is 14.4. The minimum atomic E-state index is -0.399. The summed E-state index contributed by atoms with van der Waals surface area (Å²) in [5, 5.41) is 13.0. The highest BCUT2D eigenvalue weighted by Gasteiger charge is 2.19. The highest BCUT2D eigenvalue weighted by Crippen LogP contribution is 2.28. The van der Waals surface area contributed by atoms with Crippen molar-refractivity contribution in [3.63, 3.8) is 0 Å². The van der Waals surface area contributed by atoms with Crippen LogP contribution in [0.5, 0.6) is 0 Å². The van der Waals surface area contributed by atoms with Crippen LogP contribution in [0.1, 0.15) is 6.92 Å². The van der Waals surface area contributed by atoms with Crippen molar-refractivity contribution in [2.24, 2.45) is 7.05 Å². The predicted octanol–water partition coefficient (Wildman–Crippen LogP) is 5.56. The van der Waals surface area contributed by atoms with Crippen molar-refractivity contribution in [2.75, 3.05) is 5.32 Å². The molecule has 140 valence electrons. The number of nitrogens with one attached hydrogen (secondary N) is 1. The maximum absolute atomic E-state index is 12.5. The first kappa shape index (κ1) is 20.0. The van der Waals surface area contributed by atoms with E-state index in [0.717, 1.165) is 5.56 Å². The number of carbonyl (C=O) groups excluding carboxylic acids is 1. The van der Waals surface area contributed by atoms with Crippen LogP contribution in [-0.2, 0) is 11.8 Å². The highest BCUT2D eigenvalue weighted by atomic mass is 35.5. The molecule has 1 aromatic heterocycles. The van der Waals surface area contributed by atoms with E-state index >= 15 is 0 Å². The topological polar surface area (TPSA) is 59.8 Å². The molecular formula is C18H15Cl3N4OS. The fraction of sp³-hybridized carbons (Fsp3) is 0.167. The summed E-state index contributed by atoms with van der Waals surface area (Å²) in [6.07, 6.45) is 0. The Kier molecular flexibility index (Phi) is 6.32. The van der Waals surface area contributed by atoms with Crippen LogP contribution >= 0.6 is 46.6 Å². The summed E-state index contributed by atoms with van der Waals surface area (Å²) in [6.45, 7) is 1.79. The van der Waals surface area contributed by atoms with E-state index in [1.807, 2.05) is 23.7 Å². The standard InChI is InChI=1S/C18H15Cl3N4OS/c1-10(17(26)22-15-8-13(20)7-14(21)9-15)27-18-24-23-16(25(18)2)11-3-5-12(19)6-4-11/h3-10H,1-2H3,(H,22,26). The smallest absolute Gasteiger partial charge is 0.237 e. The Hall–Kier alpha value is -1.73. The number of nitrogens with zero attached hydrogens (tertiary/aromatic N) is 3. The van der Waals surface area contributed by atoms with Gasteiger partial charge < -0.3 is 9.88 Å². The van der Waals surface area contributed by atoms with Gasteiger partial charge in [0.1, 0.15) is 0 Å². The molecule has 0 fully saturated rings. The summed E-state index contributed by atoms with van der Waals surface area (Å²) < 4.78 is 1.84. The first-order valence-corrected chi connectivity index (χ1v) is 9.94. The maximum Gasteiger partial charge on any atom is 0.237 e. The Morgan fingerprint density at radius 1 is 1.04 bits per heavy atom. The van der Waals surface area contributed by atoms with E-state index in [4.69, 9.17) is 34.8 Å². The second-order valence-electron chi connectivity index (χ2n) is 5.78. The fourth-order valence-corrected chi connectivity index (χ4v) is 3.82. The van der Waals surface area contributed by atoms with Crippen LogP contribution in [0.15, 0.2) is 47.6 Å². The number of hydrogen-bond donors (Lipinski definition) is 1. The Labute approximate surface area is 176 Å². The van der Waals surface area contributed by atoms with Crippen molar-refractivity contribution < 1.29 is 4.79 Å².